The van der Waals surface area contributed by atoms with E-state index in [1.165, 1.54) is 5.70 Å². The second-order valence-electron chi connectivity index (χ2n) is 3.07. The Morgan fingerprint density at radius 3 is 2.50 bits per heavy atom. The SMILES string of the molecule is C=C1C(C)N(C)CCN1C. The number of nitrogens with zero attached hydrogens (tertiary/aromatic N) is 2. The molecule has 2 heteroatoms. The van der Waals surface area contributed by atoms with Crippen LogP contribution in [0.4, 0.5) is 0 Å². The van der Waals surface area contributed by atoms with E-state index in [0.717, 1.165) is 13.1 Å². The molecule has 58 valence electrons. The minimum Gasteiger partial charge on any atom is -0.376 e. The summed E-state index contributed by atoms with van der Waals surface area (Å²) in [6.45, 7) is 8.46. The quantitative estimate of drug-likeness (QED) is 0.490. The topological polar surface area (TPSA) is 6.48 Å². The molecule has 1 atom stereocenters. The highest BCUT2D eigenvalue weighted by atomic mass is 15.3. The summed E-state index contributed by atoms with van der Waals surface area (Å²) in [5.41, 5.74) is 1.23. The van der Waals surface area contributed by atoms with Crippen LogP contribution in [0.25, 0.3) is 0 Å². The average Bonchev–Trinajstić information content (AvgIpc) is 1.93. The van der Waals surface area contributed by atoms with Gasteiger partial charge < -0.3 is 4.90 Å². The van der Waals surface area contributed by atoms with Gasteiger partial charge in [0, 0.05) is 31.9 Å². The maximum Gasteiger partial charge on any atom is 0.0460 e. The Morgan fingerprint density at radius 1 is 1.40 bits per heavy atom. The van der Waals surface area contributed by atoms with Crippen LogP contribution >= 0.6 is 0 Å². The number of rotatable bonds is 0. The Labute approximate surface area is 63.1 Å². The number of hydrogen-bond acceptors (Lipinski definition) is 2. The van der Waals surface area contributed by atoms with Crippen LogP contribution in [0.2, 0.25) is 0 Å². The van der Waals surface area contributed by atoms with Gasteiger partial charge in [-0.15, -0.1) is 0 Å². The largest absolute Gasteiger partial charge is 0.376 e. The molecule has 0 saturated carbocycles. The third-order valence-electron chi connectivity index (χ3n) is 2.42. The Kier molecular flexibility index (Phi) is 2.00. The minimum absolute atomic E-state index is 0.513. The van der Waals surface area contributed by atoms with Crippen molar-refractivity contribution in [3.8, 4) is 0 Å². The summed E-state index contributed by atoms with van der Waals surface area (Å²) in [5.74, 6) is 0. The molecule has 10 heavy (non-hydrogen) atoms. The van der Waals surface area contributed by atoms with Crippen LogP contribution in [0.15, 0.2) is 12.3 Å². The standard InChI is InChI=1S/C8H16N2/c1-7-8(2)10(4)6-5-9(7)3/h8H,1,5-6H2,2-4H3. The molecule has 0 spiro atoms. The molecule has 0 aromatic carbocycles. The molecular formula is C8H16N2. The highest BCUT2D eigenvalue weighted by molar-refractivity contribution is 5.05. The van der Waals surface area contributed by atoms with Gasteiger partial charge in [-0.2, -0.15) is 0 Å². The number of piperazine rings is 1. The molecule has 1 heterocycles. The Morgan fingerprint density at radius 2 is 2.00 bits per heavy atom. The van der Waals surface area contributed by atoms with Crippen molar-refractivity contribution in [2.75, 3.05) is 27.2 Å². The van der Waals surface area contributed by atoms with Gasteiger partial charge in [0.15, 0.2) is 0 Å². The first-order valence-corrected chi connectivity index (χ1v) is 3.73. The van der Waals surface area contributed by atoms with Crippen molar-refractivity contribution in [3.05, 3.63) is 12.3 Å². The van der Waals surface area contributed by atoms with Crippen molar-refractivity contribution in [2.24, 2.45) is 0 Å². The van der Waals surface area contributed by atoms with Gasteiger partial charge in [0.25, 0.3) is 0 Å². The summed E-state index contributed by atoms with van der Waals surface area (Å²) in [5, 5.41) is 0. The van der Waals surface area contributed by atoms with E-state index in [-0.39, 0.29) is 0 Å². The summed E-state index contributed by atoms with van der Waals surface area (Å²) in [4.78, 5) is 4.55. The Bertz CT molecular complexity index is 142. The van der Waals surface area contributed by atoms with Gasteiger partial charge >= 0.3 is 0 Å². The summed E-state index contributed by atoms with van der Waals surface area (Å²) < 4.78 is 0. The van der Waals surface area contributed by atoms with Crippen LogP contribution in [0.5, 0.6) is 0 Å². The summed E-state index contributed by atoms with van der Waals surface area (Å²) >= 11 is 0. The maximum absolute atomic E-state index is 4.01. The van der Waals surface area contributed by atoms with Crippen molar-refractivity contribution >= 4 is 0 Å². The molecule has 1 rings (SSSR count). The molecule has 1 unspecified atom stereocenters. The van der Waals surface area contributed by atoms with Crippen molar-refractivity contribution in [3.63, 3.8) is 0 Å². The van der Waals surface area contributed by atoms with Crippen LogP contribution in [-0.4, -0.2) is 43.0 Å². The first kappa shape index (κ1) is 7.61. The highest BCUT2D eigenvalue weighted by Gasteiger charge is 2.20. The van der Waals surface area contributed by atoms with E-state index in [2.05, 4.69) is 37.4 Å². The first-order chi connectivity index (χ1) is 4.63. The number of hydrogen-bond donors (Lipinski definition) is 0. The number of likely N-dealkylation sites (N-methyl/N-ethyl adjacent to an activating group) is 2. The molecule has 1 aliphatic heterocycles. The lowest BCUT2D eigenvalue weighted by Gasteiger charge is -2.38. The lowest BCUT2D eigenvalue weighted by atomic mass is 10.1. The highest BCUT2D eigenvalue weighted by Crippen LogP contribution is 2.14. The molecule has 1 aliphatic rings. The van der Waals surface area contributed by atoms with Gasteiger partial charge in [0.2, 0.25) is 0 Å². The molecule has 0 aromatic heterocycles. The summed E-state index contributed by atoms with van der Waals surface area (Å²) in [6, 6.07) is 0.513. The van der Waals surface area contributed by atoms with E-state index in [1.807, 2.05) is 0 Å². The van der Waals surface area contributed by atoms with Gasteiger partial charge in [-0.05, 0) is 14.0 Å². The van der Waals surface area contributed by atoms with E-state index < -0.39 is 0 Å². The molecular weight excluding hydrogens is 124 g/mol. The lowest BCUT2D eigenvalue weighted by molar-refractivity contribution is 0.175. The van der Waals surface area contributed by atoms with E-state index in [9.17, 15) is 0 Å². The monoisotopic (exact) mass is 140 g/mol. The third kappa shape index (κ3) is 1.16. The normalized spacial score (nSPS) is 29.3. The molecule has 2 nitrogen and oxygen atoms in total. The molecule has 1 fully saturated rings. The summed E-state index contributed by atoms with van der Waals surface area (Å²) in [6.07, 6.45) is 0. The average molecular weight is 140 g/mol. The van der Waals surface area contributed by atoms with Gasteiger partial charge in [-0.3, -0.25) is 4.90 Å². The molecule has 0 radical (unpaired) electrons. The molecule has 0 N–H and O–H groups in total. The van der Waals surface area contributed by atoms with Crippen LogP contribution < -0.4 is 0 Å². The van der Waals surface area contributed by atoms with E-state index in [4.69, 9.17) is 0 Å². The Hall–Kier alpha value is -0.500. The first-order valence-electron chi connectivity index (χ1n) is 3.73. The molecule has 1 saturated heterocycles. The second kappa shape index (κ2) is 2.62. The van der Waals surface area contributed by atoms with Crippen molar-refractivity contribution in [1.29, 1.82) is 0 Å². The van der Waals surface area contributed by atoms with Crippen LogP contribution in [0.3, 0.4) is 0 Å². The zero-order valence-electron chi connectivity index (χ0n) is 7.09. The smallest absolute Gasteiger partial charge is 0.0460 e. The van der Waals surface area contributed by atoms with Crippen LogP contribution in [-0.2, 0) is 0 Å². The molecule has 0 amide bonds. The minimum atomic E-state index is 0.513. The zero-order chi connectivity index (χ0) is 7.72. The van der Waals surface area contributed by atoms with Crippen molar-refractivity contribution < 1.29 is 0 Å². The molecule has 0 bridgehead atoms. The van der Waals surface area contributed by atoms with E-state index in [1.54, 1.807) is 0 Å². The van der Waals surface area contributed by atoms with E-state index in [0.29, 0.717) is 6.04 Å². The van der Waals surface area contributed by atoms with Crippen molar-refractivity contribution in [2.45, 2.75) is 13.0 Å². The fourth-order valence-corrected chi connectivity index (χ4v) is 1.22. The fourth-order valence-electron chi connectivity index (χ4n) is 1.22. The fraction of sp³-hybridized carbons (Fsp3) is 0.750. The molecule has 0 aromatic rings. The lowest BCUT2D eigenvalue weighted by Crippen LogP contribution is -2.46. The summed E-state index contributed by atoms with van der Waals surface area (Å²) in [7, 11) is 4.24. The van der Waals surface area contributed by atoms with Gasteiger partial charge in [-0.25, -0.2) is 0 Å². The van der Waals surface area contributed by atoms with Crippen LogP contribution in [0, 0.1) is 0 Å². The van der Waals surface area contributed by atoms with Gasteiger partial charge in [0.1, 0.15) is 0 Å². The Balaban J connectivity index is 2.60. The maximum atomic E-state index is 4.01. The van der Waals surface area contributed by atoms with Crippen molar-refractivity contribution in [1.82, 2.24) is 9.80 Å². The van der Waals surface area contributed by atoms with Gasteiger partial charge in [-0.1, -0.05) is 6.58 Å². The van der Waals surface area contributed by atoms with Gasteiger partial charge in [0.05, 0.1) is 0 Å². The van der Waals surface area contributed by atoms with E-state index >= 15 is 0 Å². The third-order valence-corrected chi connectivity index (χ3v) is 2.42. The predicted octanol–water partition coefficient (Wildman–Crippen LogP) is 0.766. The zero-order valence-corrected chi connectivity index (χ0v) is 7.09. The molecule has 0 aliphatic carbocycles. The van der Waals surface area contributed by atoms with Crippen LogP contribution in [0.1, 0.15) is 6.92 Å². The second-order valence-corrected chi connectivity index (χ2v) is 3.07. The predicted molar refractivity (Wildman–Crippen MR) is 43.9 cm³/mol.